The van der Waals surface area contributed by atoms with E-state index in [0.29, 0.717) is 12.0 Å². The average molecular weight is 316 g/mol. The number of likely N-dealkylation sites (tertiary alicyclic amines) is 1. The van der Waals surface area contributed by atoms with Crippen LogP contribution in [0.3, 0.4) is 0 Å². The Hall–Kier alpha value is -1.33. The Kier molecular flexibility index (Phi) is 4.54. The first-order valence-corrected chi connectivity index (χ1v) is 8.93. The molecular weight excluding hydrogens is 292 g/mol. The average Bonchev–Trinajstić information content (AvgIpc) is 2.93. The zero-order chi connectivity index (χ0) is 15.7. The van der Waals surface area contributed by atoms with Crippen LogP contribution < -0.4 is 0 Å². The van der Waals surface area contributed by atoms with Crippen LogP contribution in [0, 0.1) is 13.8 Å². The maximum absolute atomic E-state index is 4.72. The van der Waals surface area contributed by atoms with Crippen molar-refractivity contribution in [2.24, 2.45) is 0 Å². The van der Waals surface area contributed by atoms with Crippen molar-refractivity contribution in [2.75, 3.05) is 13.1 Å². The molecule has 0 aromatic carbocycles. The largest absolute Gasteiger partial charge is 0.300 e. The molecule has 0 saturated carbocycles. The number of hydrogen-bond donors (Lipinski definition) is 0. The zero-order valence-electron chi connectivity index (χ0n) is 13.8. The van der Waals surface area contributed by atoms with Gasteiger partial charge < -0.3 is 4.90 Å². The van der Waals surface area contributed by atoms with Gasteiger partial charge in [-0.1, -0.05) is 0 Å². The molecule has 0 radical (unpaired) electrons. The van der Waals surface area contributed by atoms with E-state index in [-0.39, 0.29) is 0 Å². The van der Waals surface area contributed by atoms with E-state index in [1.807, 2.05) is 13.8 Å². The molecule has 0 bridgehead atoms. The molecule has 0 amide bonds. The third-order valence-electron chi connectivity index (χ3n) is 4.30. The number of aromatic nitrogens is 3. The van der Waals surface area contributed by atoms with E-state index in [9.17, 15) is 0 Å². The first-order chi connectivity index (χ1) is 10.5. The smallest absolute Gasteiger partial charge is 0.142 e. The SMILES string of the molecule is Cc1csc(-c2cc(C3CCCN(C(C)C)C3)nc(C)n2)n1. The second kappa shape index (κ2) is 6.42. The van der Waals surface area contributed by atoms with Gasteiger partial charge in [-0.05, 0) is 53.1 Å². The summed E-state index contributed by atoms with van der Waals surface area (Å²) in [6.45, 7) is 10.9. The lowest BCUT2D eigenvalue weighted by atomic mass is 9.93. The van der Waals surface area contributed by atoms with Crippen molar-refractivity contribution in [3.63, 3.8) is 0 Å². The Labute approximate surface area is 136 Å². The quantitative estimate of drug-likeness (QED) is 0.863. The molecule has 1 atom stereocenters. The van der Waals surface area contributed by atoms with Gasteiger partial charge in [-0.3, -0.25) is 0 Å². The Bertz CT molecular complexity index is 650. The van der Waals surface area contributed by atoms with Crippen molar-refractivity contribution >= 4 is 11.3 Å². The highest BCUT2D eigenvalue weighted by Crippen LogP contribution is 2.30. The van der Waals surface area contributed by atoms with Crippen molar-refractivity contribution in [3.05, 3.63) is 28.7 Å². The number of aryl methyl sites for hydroxylation is 2. The van der Waals surface area contributed by atoms with E-state index in [0.717, 1.165) is 28.8 Å². The van der Waals surface area contributed by atoms with Gasteiger partial charge in [0.2, 0.25) is 0 Å². The van der Waals surface area contributed by atoms with Gasteiger partial charge in [0.1, 0.15) is 16.5 Å². The highest BCUT2D eigenvalue weighted by Gasteiger charge is 2.24. The summed E-state index contributed by atoms with van der Waals surface area (Å²) in [6.07, 6.45) is 2.47. The topological polar surface area (TPSA) is 41.9 Å². The summed E-state index contributed by atoms with van der Waals surface area (Å²) in [4.78, 5) is 16.4. The molecule has 22 heavy (non-hydrogen) atoms. The summed E-state index contributed by atoms with van der Waals surface area (Å²) in [5, 5.41) is 3.08. The second-order valence-corrected chi connectivity index (χ2v) is 7.31. The summed E-state index contributed by atoms with van der Waals surface area (Å²) < 4.78 is 0. The number of thiazole rings is 1. The molecule has 0 spiro atoms. The van der Waals surface area contributed by atoms with E-state index in [4.69, 9.17) is 4.98 Å². The molecule has 4 nitrogen and oxygen atoms in total. The Morgan fingerprint density at radius 3 is 2.73 bits per heavy atom. The van der Waals surface area contributed by atoms with Crippen LogP contribution in [0.2, 0.25) is 0 Å². The monoisotopic (exact) mass is 316 g/mol. The van der Waals surface area contributed by atoms with Crippen molar-refractivity contribution < 1.29 is 0 Å². The van der Waals surface area contributed by atoms with E-state index in [2.05, 4.69) is 40.2 Å². The fourth-order valence-electron chi connectivity index (χ4n) is 3.10. The minimum atomic E-state index is 0.512. The summed E-state index contributed by atoms with van der Waals surface area (Å²) in [5.74, 6) is 1.36. The molecule has 0 aliphatic carbocycles. The zero-order valence-corrected chi connectivity index (χ0v) is 14.7. The van der Waals surface area contributed by atoms with Crippen molar-refractivity contribution in [1.29, 1.82) is 0 Å². The van der Waals surface area contributed by atoms with Gasteiger partial charge in [-0.2, -0.15) is 0 Å². The number of hydrogen-bond acceptors (Lipinski definition) is 5. The van der Waals surface area contributed by atoms with Crippen LogP contribution in [0.1, 0.15) is 49.8 Å². The molecule has 1 fully saturated rings. The van der Waals surface area contributed by atoms with E-state index in [1.165, 1.54) is 25.1 Å². The highest BCUT2D eigenvalue weighted by molar-refractivity contribution is 7.13. The highest BCUT2D eigenvalue weighted by atomic mass is 32.1. The normalized spacial score (nSPS) is 19.8. The molecular formula is C17H24N4S. The van der Waals surface area contributed by atoms with Crippen molar-refractivity contribution in [2.45, 2.75) is 52.5 Å². The van der Waals surface area contributed by atoms with Crippen molar-refractivity contribution in [1.82, 2.24) is 19.9 Å². The third kappa shape index (κ3) is 3.36. The first-order valence-electron chi connectivity index (χ1n) is 8.05. The standard InChI is InChI=1S/C17H24N4S/c1-11(2)21-7-5-6-14(9-21)15-8-16(20-13(4)19-15)17-18-12(3)10-22-17/h8,10-11,14H,5-7,9H2,1-4H3. The first kappa shape index (κ1) is 15.6. The van der Waals surface area contributed by atoms with Gasteiger partial charge in [-0.25, -0.2) is 15.0 Å². The van der Waals surface area contributed by atoms with Gasteiger partial charge in [0.05, 0.1) is 0 Å². The van der Waals surface area contributed by atoms with Gasteiger partial charge in [-0.15, -0.1) is 11.3 Å². The van der Waals surface area contributed by atoms with Crippen LogP contribution >= 0.6 is 11.3 Å². The maximum atomic E-state index is 4.72. The molecule has 1 saturated heterocycles. The van der Waals surface area contributed by atoms with Crippen LogP contribution in [0.4, 0.5) is 0 Å². The molecule has 0 N–H and O–H groups in total. The van der Waals surface area contributed by atoms with Gasteiger partial charge in [0.15, 0.2) is 0 Å². The molecule has 2 aromatic rings. The molecule has 3 heterocycles. The molecule has 1 aliphatic heterocycles. The Morgan fingerprint density at radius 2 is 2.05 bits per heavy atom. The number of piperidine rings is 1. The number of rotatable bonds is 3. The molecule has 1 aliphatic rings. The lowest BCUT2D eigenvalue weighted by molar-refractivity contribution is 0.166. The summed E-state index contributed by atoms with van der Waals surface area (Å²) in [5.41, 5.74) is 3.21. The van der Waals surface area contributed by atoms with Gasteiger partial charge in [0.25, 0.3) is 0 Å². The summed E-state index contributed by atoms with van der Waals surface area (Å²) >= 11 is 1.66. The van der Waals surface area contributed by atoms with Crippen molar-refractivity contribution in [3.8, 4) is 10.7 Å². The van der Waals surface area contributed by atoms with Gasteiger partial charge >= 0.3 is 0 Å². The Balaban J connectivity index is 1.89. The van der Waals surface area contributed by atoms with E-state index >= 15 is 0 Å². The van der Waals surface area contributed by atoms with E-state index in [1.54, 1.807) is 11.3 Å². The molecule has 2 aromatic heterocycles. The van der Waals surface area contributed by atoms with Crippen LogP contribution in [0.25, 0.3) is 10.7 Å². The maximum Gasteiger partial charge on any atom is 0.142 e. The Morgan fingerprint density at radius 1 is 1.23 bits per heavy atom. The lowest BCUT2D eigenvalue weighted by Crippen LogP contribution is -2.39. The third-order valence-corrected chi connectivity index (χ3v) is 5.28. The van der Waals surface area contributed by atoms with E-state index < -0.39 is 0 Å². The van der Waals surface area contributed by atoms with Crippen LogP contribution in [0.15, 0.2) is 11.4 Å². The minimum absolute atomic E-state index is 0.512. The molecule has 118 valence electrons. The molecule has 5 heteroatoms. The lowest BCUT2D eigenvalue weighted by Gasteiger charge is -2.35. The predicted octanol–water partition coefficient (Wildman–Crippen LogP) is 3.80. The predicted molar refractivity (Wildman–Crippen MR) is 91.3 cm³/mol. The van der Waals surface area contributed by atoms with Crippen LogP contribution in [0.5, 0.6) is 0 Å². The van der Waals surface area contributed by atoms with Gasteiger partial charge in [0, 0.05) is 35.3 Å². The molecule has 1 unspecified atom stereocenters. The van der Waals surface area contributed by atoms with Crippen LogP contribution in [-0.4, -0.2) is 39.0 Å². The van der Waals surface area contributed by atoms with Crippen LogP contribution in [-0.2, 0) is 0 Å². The number of nitrogens with zero attached hydrogens (tertiary/aromatic N) is 4. The summed E-state index contributed by atoms with van der Waals surface area (Å²) in [6, 6.07) is 2.76. The minimum Gasteiger partial charge on any atom is -0.300 e. The second-order valence-electron chi connectivity index (χ2n) is 6.45. The molecule has 3 rings (SSSR count). The fraction of sp³-hybridized carbons (Fsp3) is 0.588. The summed E-state index contributed by atoms with van der Waals surface area (Å²) in [7, 11) is 0. The fourth-order valence-corrected chi connectivity index (χ4v) is 3.85.